The SMILES string of the molecule is COc1ncccc1C(O)CC1CCOCC1. The fourth-order valence-electron chi connectivity index (χ4n) is 2.25. The van der Waals surface area contributed by atoms with Crippen molar-refractivity contribution in [1.82, 2.24) is 4.98 Å². The summed E-state index contributed by atoms with van der Waals surface area (Å²) in [5, 5.41) is 10.2. The highest BCUT2D eigenvalue weighted by atomic mass is 16.5. The lowest BCUT2D eigenvalue weighted by molar-refractivity contribution is 0.0429. The van der Waals surface area contributed by atoms with Gasteiger partial charge >= 0.3 is 0 Å². The van der Waals surface area contributed by atoms with E-state index in [1.807, 2.05) is 12.1 Å². The molecule has 1 N–H and O–H groups in total. The maximum absolute atomic E-state index is 10.2. The van der Waals surface area contributed by atoms with E-state index in [1.165, 1.54) is 0 Å². The largest absolute Gasteiger partial charge is 0.481 e. The number of aliphatic hydroxyl groups is 1. The van der Waals surface area contributed by atoms with Gasteiger partial charge < -0.3 is 14.6 Å². The van der Waals surface area contributed by atoms with Crippen LogP contribution in [0.2, 0.25) is 0 Å². The molecule has 0 amide bonds. The van der Waals surface area contributed by atoms with Crippen molar-refractivity contribution in [2.45, 2.75) is 25.4 Å². The van der Waals surface area contributed by atoms with Gasteiger partial charge in [0.15, 0.2) is 0 Å². The molecular weight excluding hydrogens is 218 g/mol. The van der Waals surface area contributed by atoms with Crippen LogP contribution in [0.3, 0.4) is 0 Å². The number of aromatic nitrogens is 1. The van der Waals surface area contributed by atoms with Crippen LogP contribution >= 0.6 is 0 Å². The molecule has 2 rings (SSSR count). The first-order chi connectivity index (χ1) is 8.31. The highest BCUT2D eigenvalue weighted by molar-refractivity contribution is 5.27. The Kier molecular flexibility index (Phi) is 4.34. The molecule has 1 atom stereocenters. The molecule has 94 valence electrons. The van der Waals surface area contributed by atoms with Gasteiger partial charge in [-0.3, -0.25) is 0 Å². The van der Waals surface area contributed by atoms with Crippen molar-refractivity contribution in [3.8, 4) is 5.88 Å². The summed E-state index contributed by atoms with van der Waals surface area (Å²) in [5.74, 6) is 1.05. The topological polar surface area (TPSA) is 51.6 Å². The average Bonchev–Trinajstić information content (AvgIpc) is 2.40. The van der Waals surface area contributed by atoms with E-state index in [9.17, 15) is 5.11 Å². The number of ether oxygens (including phenoxy) is 2. The van der Waals surface area contributed by atoms with Crippen LogP contribution in [0.15, 0.2) is 18.3 Å². The maximum atomic E-state index is 10.2. The zero-order valence-corrected chi connectivity index (χ0v) is 10.1. The number of hydrogen-bond donors (Lipinski definition) is 1. The molecule has 2 heterocycles. The Morgan fingerprint density at radius 2 is 2.29 bits per heavy atom. The Morgan fingerprint density at radius 3 is 3.00 bits per heavy atom. The summed E-state index contributed by atoms with van der Waals surface area (Å²) < 4.78 is 10.5. The second-order valence-electron chi connectivity index (χ2n) is 4.41. The Morgan fingerprint density at radius 1 is 1.53 bits per heavy atom. The third-order valence-electron chi connectivity index (χ3n) is 3.25. The molecule has 1 aromatic rings. The van der Waals surface area contributed by atoms with E-state index < -0.39 is 6.10 Å². The van der Waals surface area contributed by atoms with Crippen molar-refractivity contribution < 1.29 is 14.6 Å². The highest BCUT2D eigenvalue weighted by Gasteiger charge is 2.21. The number of nitrogens with zero attached hydrogens (tertiary/aromatic N) is 1. The fraction of sp³-hybridized carbons (Fsp3) is 0.615. The van der Waals surface area contributed by atoms with Crippen LogP contribution in [0.1, 0.15) is 30.9 Å². The van der Waals surface area contributed by atoms with Crippen molar-refractivity contribution >= 4 is 0 Å². The molecule has 0 aromatic carbocycles. The number of aliphatic hydroxyl groups excluding tert-OH is 1. The van der Waals surface area contributed by atoms with Crippen molar-refractivity contribution in [2.75, 3.05) is 20.3 Å². The molecule has 0 aliphatic carbocycles. The van der Waals surface area contributed by atoms with E-state index in [-0.39, 0.29) is 0 Å². The van der Waals surface area contributed by atoms with Gasteiger partial charge in [-0.25, -0.2) is 4.98 Å². The average molecular weight is 237 g/mol. The van der Waals surface area contributed by atoms with Crippen LogP contribution < -0.4 is 4.74 Å². The maximum Gasteiger partial charge on any atom is 0.218 e. The molecular formula is C13H19NO3. The standard InChI is InChI=1S/C13H19NO3/c1-16-13-11(3-2-6-14-13)12(15)9-10-4-7-17-8-5-10/h2-3,6,10,12,15H,4-5,7-9H2,1H3. The Balaban J connectivity index is 2.00. The minimum atomic E-state index is -0.498. The summed E-state index contributed by atoms with van der Waals surface area (Å²) in [6.45, 7) is 1.61. The summed E-state index contributed by atoms with van der Waals surface area (Å²) in [7, 11) is 1.58. The molecule has 1 aromatic heterocycles. The zero-order valence-electron chi connectivity index (χ0n) is 10.1. The van der Waals surface area contributed by atoms with Crippen molar-refractivity contribution in [3.05, 3.63) is 23.9 Å². The monoisotopic (exact) mass is 237 g/mol. The van der Waals surface area contributed by atoms with Gasteiger partial charge in [-0.15, -0.1) is 0 Å². The predicted octanol–water partition coefficient (Wildman–Crippen LogP) is 1.94. The molecule has 1 saturated heterocycles. The molecule has 1 unspecified atom stereocenters. The third-order valence-corrected chi connectivity index (χ3v) is 3.25. The van der Waals surface area contributed by atoms with Gasteiger partial charge in [-0.2, -0.15) is 0 Å². The Labute approximate surface area is 102 Å². The number of pyridine rings is 1. The summed E-state index contributed by atoms with van der Waals surface area (Å²) >= 11 is 0. The van der Waals surface area contributed by atoms with Crippen molar-refractivity contribution in [2.24, 2.45) is 5.92 Å². The normalized spacial score (nSPS) is 18.9. The minimum absolute atomic E-state index is 0.498. The molecule has 0 bridgehead atoms. The molecule has 4 nitrogen and oxygen atoms in total. The second-order valence-corrected chi connectivity index (χ2v) is 4.41. The van der Waals surface area contributed by atoms with Crippen LogP contribution in [0.25, 0.3) is 0 Å². The second kappa shape index (κ2) is 5.98. The molecule has 4 heteroatoms. The van der Waals surface area contributed by atoms with Crippen LogP contribution in [0.5, 0.6) is 5.88 Å². The van der Waals surface area contributed by atoms with Crippen molar-refractivity contribution in [1.29, 1.82) is 0 Å². The summed E-state index contributed by atoms with van der Waals surface area (Å²) in [4.78, 5) is 4.10. The van der Waals surface area contributed by atoms with E-state index in [0.717, 1.165) is 38.0 Å². The highest BCUT2D eigenvalue weighted by Crippen LogP contribution is 2.30. The smallest absolute Gasteiger partial charge is 0.218 e. The first-order valence-electron chi connectivity index (χ1n) is 6.06. The Bertz CT molecular complexity index is 350. The van der Waals surface area contributed by atoms with Crippen LogP contribution in [0, 0.1) is 5.92 Å². The van der Waals surface area contributed by atoms with E-state index >= 15 is 0 Å². The lowest BCUT2D eigenvalue weighted by Gasteiger charge is -2.24. The molecule has 1 fully saturated rings. The van der Waals surface area contributed by atoms with Gasteiger partial charge in [0, 0.05) is 25.0 Å². The third kappa shape index (κ3) is 3.17. The lowest BCUT2D eigenvalue weighted by atomic mass is 9.91. The van der Waals surface area contributed by atoms with Gasteiger partial charge in [0.25, 0.3) is 0 Å². The number of rotatable bonds is 4. The van der Waals surface area contributed by atoms with Gasteiger partial charge in [-0.1, -0.05) is 0 Å². The quantitative estimate of drug-likeness (QED) is 0.869. The van der Waals surface area contributed by atoms with Gasteiger partial charge in [0.1, 0.15) is 0 Å². The predicted molar refractivity (Wildman–Crippen MR) is 63.9 cm³/mol. The van der Waals surface area contributed by atoms with Crippen LogP contribution in [-0.4, -0.2) is 30.4 Å². The van der Waals surface area contributed by atoms with Crippen LogP contribution in [-0.2, 0) is 4.74 Å². The lowest BCUT2D eigenvalue weighted by Crippen LogP contribution is -2.18. The molecule has 0 radical (unpaired) electrons. The molecule has 1 aliphatic heterocycles. The van der Waals surface area contributed by atoms with Crippen molar-refractivity contribution in [3.63, 3.8) is 0 Å². The molecule has 0 saturated carbocycles. The first kappa shape index (κ1) is 12.3. The summed E-state index contributed by atoms with van der Waals surface area (Å²) in [6.07, 6.45) is 3.98. The summed E-state index contributed by atoms with van der Waals surface area (Å²) in [6, 6.07) is 3.70. The minimum Gasteiger partial charge on any atom is -0.481 e. The van der Waals surface area contributed by atoms with E-state index in [0.29, 0.717) is 11.8 Å². The van der Waals surface area contributed by atoms with E-state index in [4.69, 9.17) is 9.47 Å². The fourth-order valence-corrected chi connectivity index (χ4v) is 2.25. The molecule has 1 aliphatic rings. The van der Waals surface area contributed by atoms with Gasteiger partial charge in [0.2, 0.25) is 5.88 Å². The molecule has 0 spiro atoms. The van der Waals surface area contributed by atoms with E-state index in [1.54, 1.807) is 13.3 Å². The first-order valence-corrected chi connectivity index (χ1v) is 6.06. The number of methoxy groups -OCH3 is 1. The van der Waals surface area contributed by atoms with Crippen LogP contribution in [0.4, 0.5) is 0 Å². The Hall–Kier alpha value is -1.13. The zero-order chi connectivity index (χ0) is 12.1. The molecule has 17 heavy (non-hydrogen) atoms. The summed E-state index contributed by atoms with van der Waals surface area (Å²) in [5.41, 5.74) is 0.779. The van der Waals surface area contributed by atoms with Gasteiger partial charge in [0.05, 0.1) is 13.2 Å². The number of hydrogen-bond acceptors (Lipinski definition) is 4. The van der Waals surface area contributed by atoms with E-state index in [2.05, 4.69) is 4.98 Å². The van der Waals surface area contributed by atoms with Gasteiger partial charge in [-0.05, 0) is 37.3 Å².